The Balaban J connectivity index is 1.68. The average molecular weight is 291 g/mol. The van der Waals surface area contributed by atoms with E-state index in [0.717, 1.165) is 24.2 Å². The third-order valence-electron chi connectivity index (χ3n) is 3.53. The molecule has 1 N–H and O–H groups in total. The Hall–Kier alpha value is -2.75. The molecule has 0 unspecified atom stereocenters. The van der Waals surface area contributed by atoms with Crippen molar-refractivity contribution in [2.75, 3.05) is 0 Å². The summed E-state index contributed by atoms with van der Waals surface area (Å²) in [7, 11) is 0. The van der Waals surface area contributed by atoms with Crippen LogP contribution in [0.5, 0.6) is 0 Å². The smallest absolute Gasteiger partial charge is 0.275 e. The van der Waals surface area contributed by atoms with Crippen molar-refractivity contribution in [3.05, 3.63) is 71.2 Å². The minimum Gasteiger partial charge on any atom is -0.309 e. The molecule has 4 nitrogen and oxygen atoms in total. The van der Waals surface area contributed by atoms with E-state index in [-0.39, 0.29) is 5.91 Å². The molecule has 1 aliphatic rings. The number of benzene rings is 1. The van der Waals surface area contributed by atoms with Gasteiger partial charge in [0.1, 0.15) is 11.5 Å². The Morgan fingerprint density at radius 2 is 1.77 bits per heavy atom. The molecule has 0 aliphatic carbocycles. The van der Waals surface area contributed by atoms with E-state index < -0.39 is 0 Å². The lowest BCUT2D eigenvalue weighted by atomic mass is 10.1. The highest BCUT2D eigenvalue weighted by molar-refractivity contribution is 6.14. The second-order valence-corrected chi connectivity index (χ2v) is 5.31. The number of nitrogens with one attached hydrogen (secondary N) is 1. The molecule has 2 aromatic rings. The minimum atomic E-state index is -0.143. The largest absolute Gasteiger partial charge is 0.309 e. The van der Waals surface area contributed by atoms with Crippen molar-refractivity contribution in [2.45, 2.75) is 19.8 Å². The van der Waals surface area contributed by atoms with Crippen LogP contribution in [0.1, 0.15) is 23.1 Å². The van der Waals surface area contributed by atoms with Crippen molar-refractivity contribution >= 4 is 17.8 Å². The summed E-state index contributed by atoms with van der Waals surface area (Å²) < 4.78 is 0. The molecule has 1 amide bonds. The van der Waals surface area contributed by atoms with Crippen LogP contribution in [0.3, 0.4) is 0 Å². The number of aryl methyl sites for hydroxylation is 2. The number of amides is 1. The molecule has 0 fully saturated rings. The first-order chi connectivity index (χ1) is 10.7. The maximum Gasteiger partial charge on any atom is 0.275 e. The molecule has 3 rings (SSSR count). The van der Waals surface area contributed by atoms with E-state index >= 15 is 0 Å². The van der Waals surface area contributed by atoms with Crippen LogP contribution in [0.2, 0.25) is 0 Å². The lowest BCUT2D eigenvalue weighted by Crippen LogP contribution is -2.24. The number of pyridine rings is 1. The average Bonchev–Trinajstić information content (AvgIpc) is 2.88. The number of hydrogen-bond donors (Lipinski definition) is 1. The van der Waals surface area contributed by atoms with Crippen LogP contribution in [-0.2, 0) is 11.2 Å². The fraction of sp³-hybridized carbons (Fsp3) is 0.167. The first-order valence-electron chi connectivity index (χ1n) is 7.27. The van der Waals surface area contributed by atoms with Crippen LogP contribution in [0, 0.1) is 6.92 Å². The zero-order chi connectivity index (χ0) is 15.4. The number of rotatable bonds is 4. The normalized spacial score (nSPS) is 15.8. The summed E-state index contributed by atoms with van der Waals surface area (Å²) in [5.74, 6) is 0.585. The quantitative estimate of drug-likeness (QED) is 0.881. The molecule has 110 valence electrons. The second-order valence-electron chi connectivity index (χ2n) is 5.31. The SMILES string of the molecule is Cc1ccc(CCC2=N/C(=C/c3ccncc3)C(=O)N2)cc1. The summed E-state index contributed by atoms with van der Waals surface area (Å²) in [6.07, 6.45) is 6.75. The van der Waals surface area contributed by atoms with E-state index in [1.54, 1.807) is 18.5 Å². The second kappa shape index (κ2) is 6.35. The van der Waals surface area contributed by atoms with Crippen LogP contribution in [0.25, 0.3) is 6.08 Å². The predicted molar refractivity (Wildman–Crippen MR) is 87.3 cm³/mol. The number of carbonyl (C=O) groups excluding carboxylic acids is 1. The molecule has 0 bridgehead atoms. The van der Waals surface area contributed by atoms with Gasteiger partial charge in [0.05, 0.1) is 0 Å². The molecule has 2 heterocycles. The van der Waals surface area contributed by atoms with Gasteiger partial charge in [0.15, 0.2) is 0 Å². The highest BCUT2D eigenvalue weighted by Crippen LogP contribution is 2.14. The first-order valence-corrected chi connectivity index (χ1v) is 7.27. The van der Waals surface area contributed by atoms with E-state index in [0.29, 0.717) is 5.70 Å². The Morgan fingerprint density at radius 3 is 2.50 bits per heavy atom. The molecule has 0 atom stereocenters. The zero-order valence-corrected chi connectivity index (χ0v) is 12.4. The van der Waals surface area contributed by atoms with Gasteiger partial charge in [0.25, 0.3) is 5.91 Å². The third kappa shape index (κ3) is 3.47. The number of carbonyl (C=O) groups is 1. The van der Waals surface area contributed by atoms with Crippen molar-refractivity contribution in [1.29, 1.82) is 0 Å². The molecule has 1 aromatic carbocycles. The van der Waals surface area contributed by atoms with Crippen molar-refractivity contribution in [1.82, 2.24) is 10.3 Å². The molecule has 1 aliphatic heterocycles. The topological polar surface area (TPSA) is 54.4 Å². The maximum absolute atomic E-state index is 11.9. The van der Waals surface area contributed by atoms with Crippen molar-refractivity contribution in [3.63, 3.8) is 0 Å². The van der Waals surface area contributed by atoms with Crippen LogP contribution in [-0.4, -0.2) is 16.7 Å². The summed E-state index contributed by atoms with van der Waals surface area (Å²) >= 11 is 0. The van der Waals surface area contributed by atoms with Gasteiger partial charge in [-0.25, -0.2) is 4.99 Å². The fourth-order valence-corrected chi connectivity index (χ4v) is 2.27. The van der Waals surface area contributed by atoms with Crippen LogP contribution in [0.4, 0.5) is 0 Å². The first kappa shape index (κ1) is 14.2. The summed E-state index contributed by atoms with van der Waals surface area (Å²) in [6, 6.07) is 12.1. The van der Waals surface area contributed by atoms with Gasteiger partial charge in [-0.1, -0.05) is 29.8 Å². The minimum absolute atomic E-state index is 0.143. The van der Waals surface area contributed by atoms with Crippen molar-refractivity contribution in [3.8, 4) is 0 Å². The van der Waals surface area contributed by atoms with Crippen LogP contribution in [0.15, 0.2) is 59.5 Å². The lowest BCUT2D eigenvalue weighted by Gasteiger charge is -2.02. The summed E-state index contributed by atoms with van der Waals surface area (Å²) in [4.78, 5) is 20.3. The predicted octanol–water partition coefficient (Wildman–Crippen LogP) is 2.89. The number of aromatic nitrogens is 1. The van der Waals surface area contributed by atoms with E-state index in [1.165, 1.54) is 11.1 Å². The Labute approximate surface area is 129 Å². The van der Waals surface area contributed by atoms with Gasteiger partial charge in [-0.2, -0.15) is 0 Å². The van der Waals surface area contributed by atoms with Crippen molar-refractivity contribution < 1.29 is 4.79 Å². The van der Waals surface area contributed by atoms with Gasteiger partial charge in [-0.15, -0.1) is 0 Å². The van der Waals surface area contributed by atoms with E-state index in [2.05, 4.69) is 46.5 Å². The molecule has 0 spiro atoms. The van der Waals surface area contributed by atoms with Gasteiger partial charge < -0.3 is 5.32 Å². The van der Waals surface area contributed by atoms with Crippen LogP contribution >= 0.6 is 0 Å². The Morgan fingerprint density at radius 1 is 1.05 bits per heavy atom. The third-order valence-corrected chi connectivity index (χ3v) is 3.53. The Kier molecular flexibility index (Phi) is 4.10. The standard InChI is InChI=1S/C18H17N3O/c1-13-2-4-14(5-3-13)6-7-17-20-16(18(22)21-17)12-15-8-10-19-11-9-15/h2-5,8-12H,6-7H2,1H3,(H,20,21,22)/b16-12+. The van der Waals surface area contributed by atoms with Gasteiger partial charge >= 0.3 is 0 Å². The Bertz CT molecular complexity index is 731. The van der Waals surface area contributed by atoms with E-state index in [4.69, 9.17) is 0 Å². The van der Waals surface area contributed by atoms with E-state index in [1.807, 2.05) is 12.1 Å². The van der Waals surface area contributed by atoms with Gasteiger partial charge in [0, 0.05) is 18.8 Å². The maximum atomic E-state index is 11.9. The van der Waals surface area contributed by atoms with E-state index in [9.17, 15) is 4.79 Å². The van der Waals surface area contributed by atoms with Crippen molar-refractivity contribution in [2.24, 2.45) is 4.99 Å². The molecular weight excluding hydrogens is 274 g/mol. The fourth-order valence-electron chi connectivity index (χ4n) is 2.27. The number of nitrogens with zero attached hydrogens (tertiary/aromatic N) is 2. The number of amidine groups is 1. The van der Waals surface area contributed by atoms with Crippen LogP contribution < -0.4 is 5.32 Å². The number of hydrogen-bond acceptors (Lipinski definition) is 3. The summed E-state index contributed by atoms with van der Waals surface area (Å²) in [5, 5.41) is 2.83. The monoisotopic (exact) mass is 291 g/mol. The molecule has 4 heteroatoms. The molecular formula is C18H17N3O. The highest BCUT2D eigenvalue weighted by Gasteiger charge is 2.19. The van der Waals surface area contributed by atoms with Gasteiger partial charge in [-0.05, 0) is 42.7 Å². The van der Waals surface area contributed by atoms with Gasteiger partial charge in [-0.3, -0.25) is 9.78 Å². The highest BCUT2D eigenvalue weighted by atomic mass is 16.2. The molecule has 1 aromatic heterocycles. The zero-order valence-electron chi connectivity index (χ0n) is 12.4. The van der Waals surface area contributed by atoms with Gasteiger partial charge in [0.2, 0.25) is 0 Å². The summed E-state index contributed by atoms with van der Waals surface area (Å²) in [5.41, 5.74) is 3.86. The molecule has 0 saturated heterocycles. The molecule has 22 heavy (non-hydrogen) atoms. The number of aliphatic imine (C=N–C) groups is 1. The molecule has 0 radical (unpaired) electrons. The molecule has 0 saturated carbocycles. The lowest BCUT2D eigenvalue weighted by molar-refractivity contribution is -0.115. The summed E-state index contributed by atoms with van der Waals surface area (Å²) in [6.45, 7) is 2.07.